The largest absolute Gasteiger partial charge is 0.472 e. The van der Waals surface area contributed by atoms with Gasteiger partial charge in [-0.25, -0.2) is 9.97 Å². The first-order chi connectivity index (χ1) is 10.2. The number of nitrogens with zero attached hydrogens (tertiary/aromatic N) is 3. The summed E-state index contributed by atoms with van der Waals surface area (Å²) in [6.07, 6.45) is 5.39. The Hall–Kier alpha value is -2.40. The van der Waals surface area contributed by atoms with Crippen molar-refractivity contribution in [3.63, 3.8) is 0 Å². The maximum Gasteiger partial charge on any atom is 0.258 e. The van der Waals surface area contributed by atoms with Crippen molar-refractivity contribution >= 4 is 5.65 Å². The Labute approximate surface area is 122 Å². The van der Waals surface area contributed by atoms with E-state index in [9.17, 15) is 5.11 Å². The fourth-order valence-electron chi connectivity index (χ4n) is 2.24. The topological polar surface area (TPSA) is 59.7 Å². The average Bonchev–Trinajstić information content (AvgIpc) is 2.92. The third kappa shape index (κ3) is 2.60. The van der Waals surface area contributed by atoms with Crippen molar-refractivity contribution in [2.24, 2.45) is 0 Å². The van der Waals surface area contributed by atoms with Crippen LogP contribution in [0.4, 0.5) is 0 Å². The number of hydrogen-bond acceptors (Lipinski definition) is 4. The van der Waals surface area contributed by atoms with Crippen LogP contribution in [0.2, 0.25) is 0 Å². The van der Waals surface area contributed by atoms with E-state index >= 15 is 0 Å². The summed E-state index contributed by atoms with van der Waals surface area (Å²) < 4.78 is 7.63. The number of aromatic nitrogens is 3. The van der Waals surface area contributed by atoms with Crippen LogP contribution in [-0.4, -0.2) is 25.6 Å². The second-order valence-corrected chi connectivity index (χ2v) is 5.09. The highest BCUT2D eigenvalue weighted by atomic mass is 16.5. The van der Waals surface area contributed by atoms with E-state index in [-0.39, 0.29) is 12.7 Å². The number of fused-ring (bicyclic) bond motifs is 1. The average molecular weight is 283 g/mol. The van der Waals surface area contributed by atoms with E-state index < -0.39 is 0 Å². The summed E-state index contributed by atoms with van der Waals surface area (Å²) in [7, 11) is 0. The lowest BCUT2D eigenvalue weighted by Gasteiger charge is -2.09. The Morgan fingerprint density at radius 1 is 1.29 bits per heavy atom. The van der Waals surface area contributed by atoms with Crippen LogP contribution in [0.5, 0.6) is 5.88 Å². The van der Waals surface area contributed by atoms with Crippen LogP contribution in [0, 0.1) is 0 Å². The van der Waals surface area contributed by atoms with Crippen molar-refractivity contribution in [2.75, 3.05) is 0 Å². The lowest BCUT2D eigenvalue weighted by atomic mass is 10.1. The smallest absolute Gasteiger partial charge is 0.258 e. The molecule has 0 spiro atoms. The van der Waals surface area contributed by atoms with Crippen LogP contribution in [0.25, 0.3) is 16.9 Å². The Morgan fingerprint density at radius 2 is 2.14 bits per heavy atom. The van der Waals surface area contributed by atoms with E-state index in [1.165, 1.54) is 0 Å². The van der Waals surface area contributed by atoms with Gasteiger partial charge < -0.3 is 9.84 Å². The Balaban J connectivity index is 2.12. The fraction of sp³-hybridized carbons (Fsp3) is 0.250. The molecule has 0 amide bonds. The van der Waals surface area contributed by atoms with Gasteiger partial charge in [-0.3, -0.25) is 4.40 Å². The van der Waals surface area contributed by atoms with Crippen LogP contribution in [0.15, 0.2) is 42.9 Å². The first-order valence-electron chi connectivity index (χ1n) is 6.88. The molecule has 0 aliphatic heterocycles. The van der Waals surface area contributed by atoms with E-state index in [4.69, 9.17) is 4.74 Å². The molecule has 2 heterocycles. The van der Waals surface area contributed by atoms with Crippen LogP contribution in [0.3, 0.4) is 0 Å². The van der Waals surface area contributed by atoms with Gasteiger partial charge in [0.2, 0.25) is 5.65 Å². The molecule has 0 fully saturated rings. The molecule has 0 aliphatic carbocycles. The van der Waals surface area contributed by atoms with Crippen molar-refractivity contribution < 1.29 is 9.84 Å². The predicted octanol–water partition coefficient (Wildman–Crippen LogP) is 2.68. The molecule has 0 saturated heterocycles. The van der Waals surface area contributed by atoms with E-state index in [0.717, 1.165) is 16.8 Å². The van der Waals surface area contributed by atoms with Gasteiger partial charge in [0.05, 0.1) is 24.6 Å². The number of ether oxygens (including phenoxy) is 1. The SMILES string of the molecule is CC(C)Oc1nccn2c(-c3cccc(CO)c3)cnc12. The van der Waals surface area contributed by atoms with Gasteiger partial charge in [-0.1, -0.05) is 18.2 Å². The third-order valence-electron chi connectivity index (χ3n) is 3.15. The van der Waals surface area contributed by atoms with Gasteiger partial charge in [0.25, 0.3) is 5.88 Å². The van der Waals surface area contributed by atoms with Crippen LogP contribution >= 0.6 is 0 Å². The standard InChI is InChI=1S/C16H17N3O2/c1-11(2)21-16-15-18-9-14(19(15)7-6-17-16)13-5-3-4-12(8-13)10-20/h3-9,11,20H,10H2,1-2H3. The molecule has 0 saturated carbocycles. The molecule has 3 aromatic rings. The molecular formula is C16H17N3O2. The molecule has 1 N–H and O–H groups in total. The van der Waals surface area contributed by atoms with Crippen molar-refractivity contribution in [1.29, 1.82) is 0 Å². The second-order valence-electron chi connectivity index (χ2n) is 5.09. The molecule has 0 unspecified atom stereocenters. The molecule has 2 aromatic heterocycles. The minimum absolute atomic E-state index is 0.0217. The maximum atomic E-state index is 9.26. The summed E-state index contributed by atoms with van der Waals surface area (Å²) in [6.45, 7) is 3.94. The van der Waals surface area contributed by atoms with Gasteiger partial charge in [0.15, 0.2) is 0 Å². The molecule has 5 nitrogen and oxygen atoms in total. The quantitative estimate of drug-likeness (QED) is 0.799. The lowest BCUT2D eigenvalue weighted by molar-refractivity contribution is 0.234. The van der Waals surface area contributed by atoms with Gasteiger partial charge >= 0.3 is 0 Å². The molecule has 3 rings (SSSR count). The van der Waals surface area contributed by atoms with Crippen LogP contribution in [0.1, 0.15) is 19.4 Å². The van der Waals surface area contributed by atoms with E-state index in [1.807, 2.05) is 48.7 Å². The molecule has 1 aromatic carbocycles. The Bertz CT molecular complexity index is 765. The van der Waals surface area contributed by atoms with E-state index in [0.29, 0.717) is 11.5 Å². The number of benzene rings is 1. The Morgan fingerprint density at radius 3 is 2.90 bits per heavy atom. The van der Waals surface area contributed by atoms with Gasteiger partial charge in [-0.15, -0.1) is 0 Å². The molecule has 108 valence electrons. The highest BCUT2D eigenvalue weighted by Gasteiger charge is 2.12. The number of hydrogen-bond donors (Lipinski definition) is 1. The van der Waals surface area contributed by atoms with Gasteiger partial charge in [-0.2, -0.15) is 0 Å². The van der Waals surface area contributed by atoms with Crippen molar-refractivity contribution in [2.45, 2.75) is 26.6 Å². The normalized spacial score (nSPS) is 11.2. The first kappa shape index (κ1) is 13.6. The first-order valence-corrected chi connectivity index (χ1v) is 6.88. The third-order valence-corrected chi connectivity index (χ3v) is 3.15. The molecule has 0 bridgehead atoms. The second kappa shape index (κ2) is 5.54. The number of aliphatic hydroxyl groups is 1. The van der Waals surface area contributed by atoms with Gasteiger partial charge in [0, 0.05) is 18.0 Å². The molecule has 5 heteroatoms. The molecule has 0 aliphatic rings. The number of imidazole rings is 1. The zero-order chi connectivity index (χ0) is 14.8. The van der Waals surface area contributed by atoms with E-state index in [1.54, 1.807) is 12.4 Å². The minimum atomic E-state index is 0.0217. The monoisotopic (exact) mass is 283 g/mol. The highest BCUT2D eigenvalue weighted by Crippen LogP contribution is 2.25. The van der Waals surface area contributed by atoms with Crippen molar-refractivity contribution in [1.82, 2.24) is 14.4 Å². The summed E-state index contributed by atoms with van der Waals surface area (Å²) in [5.41, 5.74) is 3.50. The zero-order valence-electron chi connectivity index (χ0n) is 12.0. The minimum Gasteiger partial charge on any atom is -0.472 e. The predicted molar refractivity (Wildman–Crippen MR) is 80.1 cm³/mol. The number of rotatable bonds is 4. The van der Waals surface area contributed by atoms with Crippen LogP contribution in [-0.2, 0) is 6.61 Å². The molecule has 21 heavy (non-hydrogen) atoms. The zero-order valence-corrected chi connectivity index (χ0v) is 12.0. The van der Waals surface area contributed by atoms with Crippen molar-refractivity contribution in [3.05, 3.63) is 48.4 Å². The summed E-state index contributed by atoms with van der Waals surface area (Å²) in [5, 5.41) is 9.26. The molecular weight excluding hydrogens is 266 g/mol. The molecule has 0 atom stereocenters. The summed E-state index contributed by atoms with van der Waals surface area (Å²) in [5.74, 6) is 0.525. The number of aliphatic hydroxyl groups excluding tert-OH is 1. The Kier molecular flexibility index (Phi) is 3.58. The lowest BCUT2D eigenvalue weighted by Crippen LogP contribution is -2.08. The van der Waals surface area contributed by atoms with Gasteiger partial charge in [0.1, 0.15) is 0 Å². The maximum absolute atomic E-state index is 9.26. The van der Waals surface area contributed by atoms with Gasteiger partial charge in [-0.05, 0) is 25.5 Å². The van der Waals surface area contributed by atoms with Crippen LogP contribution < -0.4 is 4.74 Å². The fourth-order valence-corrected chi connectivity index (χ4v) is 2.24. The summed E-state index contributed by atoms with van der Waals surface area (Å²) in [6, 6.07) is 7.76. The highest BCUT2D eigenvalue weighted by molar-refractivity contribution is 5.66. The molecule has 0 radical (unpaired) electrons. The summed E-state index contributed by atoms with van der Waals surface area (Å²) in [4.78, 5) is 8.66. The summed E-state index contributed by atoms with van der Waals surface area (Å²) >= 11 is 0. The van der Waals surface area contributed by atoms with E-state index in [2.05, 4.69) is 9.97 Å². The van der Waals surface area contributed by atoms with Crippen molar-refractivity contribution in [3.8, 4) is 17.1 Å².